The van der Waals surface area contributed by atoms with Crippen LogP contribution in [-0.2, 0) is 14.8 Å². The summed E-state index contributed by atoms with van der Waals surface area (Å²) in [6, 6.07) is 4.51. The zero-order valence-corrected chi connectivity index (χ0v) is 18.6. The molecule has 0 unspecified atom stereocenters. The first kappa shape index (κ1) is 22.4. The molecule has 7 nitrogen and oxygen atoms in total. The van der Waals surface area contributed by atoms with E-state index in [9.17, 15) is 13.2 Å². The van der Waals surface area contributed by atoms with E-state index in [0.29, 0.717) is 30.7 Å². The number of carbonyl (C=O) groups is 1. The van der Waals surface area contributed by atoms with Crippen LogP contribution in [0.3, 0.4) is 0 Å². The van der Waals surface area contributed by atoms with Crippen LogP contribution in [-0.4, -0.2) is 69.1 Å². The molecule has 1 N–H and O–H groups in total. The zero-order chi connectivity index (χ0) is 20.0. The lowest BCUT2D eigenvalue weighted by molar-refractivity contribution is 0.0770. The number of halogens is 2. The van der Waals surface area contributed by atoms with E-state index < -0.39 is 10.0 Å². The summed E-state index contributed by atoms with van der Waals surface area (Å²) in [5.74, 6) is 0. The number of piperazine rings is 1. The maximum absolute atomic E-state index is 12.8. The summed E-state index contributed by atoms with van der Waals surface area (Å²) in [5, 5.41) is 3.01. The first-order valence-corrected chi connectivity index (χ1v) is 11.4. The Morgan fingerprint density at radius 2 is 1.96 bits per heavy atom. The average Bonchev–Trinajstić information content (AvgIpc) is 2.60. The van der Waals surface area contributed by atoms with E-state index >= 15 is 0 Å². The number of benzene rings is 1. The topological polar surface area (TPSA) is 79.0 Å². The number of carbonyl (C=O) groups excluding carboxylic acids is 1. The SMILES string of the molecule is CC(C)OCCCNC(=O)N1CCN(S(=O)(=O)c2ccc(Br)cc2Cl)CC1. The molecule has 0 aliphatic carbocycles. The molecule has 2 amide bonds. The normalized spacial score (nSPS) is 16.0. The molecule has 1 heterocycles. The molecule has 2 rings (SSSR count). The summed E-state index contributed by atoms with van der Waals surface area (Å²) in [6.45, 7) is 6.19. The van der Waals surface area contributed by atoms with Crippen molar-refractivity contribution in [3.63, 3.8) is 0 Å². The highest BCUT2D eigenvalue weighted by Gasteiger charge is 2.31. The molecule has 1 aliphatic heterocycles. The van der Waals surface area contributed by atoms with Crippen molar-refractivity contribution in [2.45, 2.75) is 31.3 Å². The van der Waals surface area contributed by atoms with Gasteiger partial charge in [0.2, 0.25) is 10.0 Å². The Bertz CT molecular complexity index is 753. The van der Waals surface area contributed by atoms with Crippen LogP contribution in [0.25, 0.3) is 0 Å². The Balaban J connectivity index is 1.84. The number of ether oxygens (including phenoxy) is 1. The molecule has 0 aromatic heterocycles. The first-order valence-electron chi connectivity index (χ1n) is 8.81. The van der Waals surface area contributed by atoms with Crippen LogP contribution >= 0.6 is 27.5 Å². The number of hydrogen-bond donors (Lipinski definition) is 1. The molecule has 27 heavy (non-hydrogen) atoms. The van der Waals surface area contributed by atoms with Gasteiger partial charge in [-0.15, -0.1) is 0 Å². The van der Waals surface area contributed by atoms with Gasteiger partial charge in [-0.3, -0.25) is 0 Å². The number of rotatable bonds is 7. The van der Waals surface area contributed by atoms with Crippen molar-refractivity contribution in [2.75, 3.05) is 39.3 Å². The molecule has 1 saturated heterocycles. The molecule has 10 heteroatoms. The number of amides is 2. The Morgan fingerprint density at radius 3 is 2.56 bits per heavy atom. The third-order valence-electron chi connectivity index (χ3n) is 4.09. The fourth-order valence-electron chi connectivity index (χ4n) is 2.65. The van der Waals surface area contributed by atoms with Crippen LogP contribution in [0, 0.1) is 0 Å². The largest absolute Gasteiger partial charge is 0.379 e. The minimum absolute atomic E-state index is 0.0791. The minimum Gasteiger partial charge on any atom is -0.379 e. The van der Waals surface area contributed by atoms with Gasteiger partial charge in [-0.2, -0.15) is 4.31 Å². The first-order chi connectivity index (χ1) is 12.7. The smallest absolute Gasteiger partial charge is 0.317 e. The fraction of sp³-hybridized carbons (Fsp3) is 0.588. The van der Waals surface area contributed by atoms with Gasteiger partial charge < -0.3 is 15.0 Å². The molecule has 152 valence electrons. The van der Waals surface area contributed by atoms with E-state index in [-0.39, 0.29) is 35.1 Å². The molecule has 1 aromatic carbocycles. The summed E-state index contributed by atoms with van der Waals surface area (Å²) in [5.41, 5.74) is 0. The fourth-order valence-corrected chi connectivity index (χ4v) is 5.09. The van der Waals surface area contributed by atoms with E-state index in [0.717, 1.165) is 6.42 Å². The molecule has 0 radical (unpaired) electrons. The minimum atomic E-state index is -3.69. The highest BCUT2D eigenvalue weighted by atomic mass is 79.9. The van der Waals surface area contributed by atoms with Crippen molar-refractivity contribution in [3.8, 4) is 0 Å². The van der Waals surface area contributed by atoms with E-state index in [1.54, 1.807) is 17.0 Å². The van der Waals surface area contributed by atoms with E-state index in [1.807, 2.05) is 13.8 Å². The molecular formula is C17H25BrClN3O4S. The second-order valence-electron chi connectivity index (χ2n) is 6.47. The zero-order valence-electron chi connectivity index (χ0n) is 15.5. The van der Waals surface area contributed by atoms with Crippen molar-refractivity contribution >= 4 is 43.6 Å². The lowest BCUT2D eigenvalue weighted by atomic mass is 10.4. The van der Waals surface area contributed by atoms with Crippen molar-refractivity contribution in [1.82, 2.24) is 14.5 Å². The molecule has 1 aliphatic rings. The van der Waals surface area contributed by atoms with Crippen LogP contribution in [0.5, 0.6) is 0 Å². The van der Waals surface area contributed by atoms with Crippen molar-refractivity contribution in [1.29, 1.82) is 0 Å². The van der Waals surface area contributed by atoms with Gasteiger partial charge in [-0.05, 0) is 38.5 Å². The molecule has 1 fully saturated rings. The highest BCUT2D eigenvalue weighted by molar-refractivity contribution is 9.10. The predicted octanol–water partition coefficient (Wildman–Crippen LogP) is 2.93. The van der Waals surface area contributed by atoms with Crippen molar-refractivity contribution in [3.05, 3.63) is 27.7 Å². The molecular weight excluding hydrogens is 458 g/mol. The van der Waals surface area contributed by atoms with Gasteiger partial charge in [-0.1, -0.05) is 27.5 Å². The van der Waals surface area contributed by atoms with Gasteiger partial charge in [0.05, 0.1) is 11.1 Å². The summed E-state index contributed by atoms with van der Waals surface area (Å²) < 4.78 is 33.1. The highest BCUT2D eigenvalue weighted by Crippen LogP contribution is 2.28. The number of nitrogens with zero attached hydrogens (tertiary/aromatic N) is 2. The van der Waals surface area contributed by atoms with Gasteiger partial charge >= 0.3 is 6.03 Å². The quantitative estimate of drug-likeness (QED) is 0.606. The standard InChI is InChI=1S/C17H25BrClN3O4S/c1-13(2)26-11-3-6-20-17(23)21-7-9-22(10-8-21)27(24,25)16-5-4-14(18)12-15(16)19/h4-5,12-13H,3,6-11H2,1-2H3,(H,20,23). The van der Waals surface area contributed by atoms with Crippen LogP contribution in [0.15, 0.2) is 27.6 Å². The number of urea groups is 1. The van der Waals surface area contributed by atoms with Crippen LogP contribution in [0.2, 0.25) is 5.02 Å². The molecule has 0 bridgehead atoms. The number of hydrogen-bond acceptors (Lipinski definition) is 4. The van der Waals surface area contributed by atoms with Gasteiger partial charge in [0.1, 0.15) is 4.90 Å². The molecule has 1 aromatic rings. The summed E-state index contributed by atoms with van der Waals surface area (Å²) in [7, 11) is -3.69. The third kappa shape index (κ3) is 6.32. The van der Waals surface area contributed by atoms with Crippen LogP contribution in [0.4, 0.5) is 4.79 Å². The van der Waals surface area contributed by atoms with Gasteiger partial charge in [0.25, 0.3) is 0 Å². The third-order valence-corrected chi connectivity index (χ3v) is 6.96. The second kappa shape index (κ2) is 10.1. The molecule has 0 saturated carbocycles. The predicted molar refractivity (Wildman–Crippen MR) is 109 cm³/mol. The van der Waals surface area contributed by atoms with Gasteiger partial charge in [0, 0.05) is 43.8 Å². The van der Waals surface area contributed by atoms with E-state index in [2.05, 4.69) is 21.2 Å². The van der Waals surface area contributed by atoms with Crippen molar-refractivity contribution < 1.29 is 17.9 Å². The van der Waals surface area contributed by atoms with Crippen LogP contribution in [0.1, 0.15) is 20.3 Å². The monoisotopic (exact) mass is 481 g/mol. The van der Waals surface area contributed by atoms with Gasteiger partial charge in [-0.25, -0.2) is 13.2 Å². The maximum atomic E-state index is 12.8. The molecule has 0 spiro atoms. The van der Waals surface area contributed by atoms with E-state index in [1.165, 1.54) is 10.4 Å². The summed E-state index contributed by atoms with van der Waals surface area (Å²) in [4.78, 5) is 13.9. The number of sulfonamides is 1. The Labute approximate surface area is 174 Å². The molecule has 0 atom stereocenters. The van der Waals surface area contributed by atoms with Gasteiger partial charge in [0.15, 0.2) is 0 Å². The second-order valence-corrected chi connectivity index (χ2v) is 9.70. The summed E-state index contributed by atoms with van der Waals surface area (Å²) in [6.07, 6.45) is 0.912. The maximum Gasteiger partial charge on any atom is 0.317 e. The number of nitrogens with one attached hydrogen (secondary N) is 1. The lowest BCUT2D eigenvalue weighted by Crippen LogP contribution is -2.53. The average molecular weight is 483 g/mol. The summed E-state index contributed by atoms with van der Waals surface area (Å²) >= 11 is 9.36. The van der Waals surface area contributed by atoms with Crippen molar-refractivity contribution in [2.24, 2.45) is 0 Å². The Hall–Kier alpha value is -0.870. The van der Waals surface area contributed by atoms with E-state index in [4.69, 9.17) is 16.3 Å². The Kier molecular flexibility index (Phi) is 8.36. The Morgan fingerprint density at radius 1 is 1.30 bits per heavy atom. The lowest BCUT2D eigenvalue weighted by Gasteiger charge is -2.34. The van der Waals surface area contributed by atoms with Crippen LogP contribution < -0.4 is 5.32 Å².